The first kappa shape index (κ1) is 19.3. The zero-order valence-electron chi connectivity index (χ0n) is 16.1. The Morgan fingerprint density at radius 2 is 1.59 bits per heavy atom. The minimum atomic E-state index is -0.729. The van der Waals surface area contributed by atoms with Gasteiger partial charge in [0.2, 0.25) is 0 Å². The molecule has 8 heteroatoms. The summed E-state index contributed by atoms with van der Waals surface area (Å²) in [6, 6.07) is 5.64. The van der Waals surface area contributed by atoms with E-state index in [1.165, 1.54) is 5.56 Å². The zero-order chi connectivity index (χ0) is 19.6. The van der Waals surface area contributed by atoms with Gasteiger partial charge in [-0.3, -0.25) is 24.3 Å². The Kier molecular flexibility index (Phi) is 5.76. The van der Waals surface area contributed by atoms with Crippen LogP contribution in [0.25, 0.3) is 0 Å². The molecule has 0 unspecified atom stereocenters. The molecule has 0 bridgehead atoms. The van der Waals surface area contributed by atoms with Gasteiger partial charge in [-0.25, -0.2) is 9.69 Å². The molecule has 3 rings (SSSR count). The topological polar surface area (TPSA) is 73.4 Å². The van der Waals surface area contributed by atoms with Gasteiger partial charge in [-0.15, -0.1) is 0 Å². The molecule has 0 aliphatic carbocycles. The highest BCUT2D eigenvalue weighted by atomic mass is 16.5. The van der Waals surface area contributed by atoms with E-state index in [1.54, 1.807) is 14.0 Å². The number of amides is 4. The van der Waals surface area contributed by atoms with Crippen molar-refractivity contribution in [3.8, 4) is 5.75 Å². The van der Waals surface area contributed by atoms with Crippen LogP contribution in [0.1, 0.15) is 18.1 Å². The van der Waals surface area contributed by atoms with Gasteiger partial charge in [-0.05, 0) is 19.9 Å². The molecule has 4 amide bonds. The molecule has 0 radical (unpaired) electrons. The fourth-order valence-electron chi connectivity index (χ4n) is 3.51. The standard InChI is InChI=1S/C19H26N4O4/c1-4-22-17(24)18(25)23(19(22)26)13-21-9-7-20(8-10-21)12-15-11-14(2)5-6-16(15)27-3/h5-6,11H,4,7-10,12-13H2,1-3H3. The van der Waals surface area contributed by atoms with E-state index >= 15 is 0 Å². The molecule has 2 saturated heterocycles. The lowest BCUT2D eigenvalue weighted by molar-refractivity contribution is -0.144. The fraction of sp³-hybridized carbons (Fsp3) is 0.526. The second-order valence-corrected chi connectivity index (χ2v) is 6.92. The molecule has 0 N–H and O–H groups in total. The number of nitrogens with zero attached hydrogens (tertiary/aromatic N) is 4. The number of urea groups is 1. The lowest BCUT2D eigenvalue weighted by Crippen LogP contribution is -2.51. The van der Waals surface area contributed by atoms with Crippen LogP contribution in [0, 0.1) is 6.92 Å². The number of hydrogen-bond donors (Lipinski definition) is 0. The first-order valence-corrected chi connectivity index (χ1v) is 9.20. The Hall–Kier alpha value is -2.45. The molecule has 0 spiro atoms. The first-order valence-electron chi connectivity index (χ1n) is 9.20. The normalized spacial score (nSPS) is 19.3. The van der Waals surface area contributed by atoms with Gasteiger partial charge in [0.1, 0.15) is 5.75 Å². The van der Waals surface area contributed by atoms with Crippen LogP contribution in [-0.4, -0.2) is 83.9 Å². The second-order valence-electron chi connectivity index (χ2n) is 6.92. The molecule has 1 aromatic carbocycles. The SMILES string of the molecule is CCN1C(=O)C(=O)N(CN2CCN(Cc3cc(C)ccc3OC)CC2)C1=O. The molecule has 0 saturated carbocycles. The van der Waals surface area contributed by atoms with Crippen LogP contribution in [0.5, 0.6) is 5.75 Å². The highest BCUT2D eigenvalue weighted by Crippen LogP contribution is 2.22. The van der Waals surface area contributed by atoms with E-state index in [2.05, 4.69) is 17.9 Å². The third kappa shape index (κ3) is 3.96. The number of imide groups is 2. The molecule has 2 aliphatic rings. The van der Waals surface area contributed by atoms with Gasteiger partial charge in [0, 0.05) is 44.8 Å². The summed E-state index contributed by atoms with van der Waals surface area (Å²) in [5, 5.41) is 0. The summed E-state index contributed by atoms with van der Waals surface area (Å²) >= 11 is 0. The Morgan fingerprint density at radius 3 is 2.19 bits per heavy atom. The van der Waals surface area contributed by atoms with Crippen LogP contribution >= 0.6 is 0 Å². The quantitative estimate of drug-likeness (QED) is 0.544. The summed E-state index contributed by atoms with van der Waals surface area (Å²) < 4.78 is 5.45. The highest BCUT2D eigenvalue weighted by Gasteiger charge is 2.44. The molecule has 8 nitrogen and oxygen atoms in total. The Morgan fingerprint density at radius 1 is 0.963 bits per heavy atom. The smallest absolute Gasteiger partial charge is 0.335 e. The van der Waals surface area contributed by atoms with Crippen molar-refractivity contribution in [1.82, 2.24) is 19.6 Å². The van der Waals surface area contributed by atoms with E-state index < -0.39 is 17.8 Å². The van der Waals surface area contributed by atoms with Gasteiger partial charge < -0.3 is 4.74 Å². The number of carbonyl (C=O) groups is 3. The van der Waals surface area contributed by atoms with Crippen LogP contribution in [0.15, 0.2) is 18.2 Å². The molecule has 2 heterocycles. The van der Waals surface area contributed by atoms with Crippen molar-refractivity contribution in [2.45, 2.75) is 20.4 Å². The van der Waals surface area contributed by atoms with Crippen molar-refractivity contribution in [2.24, 2.45) is 0 Å². The maximum absolute atomic E-state index is 12.2. The van der Waals surface area contributed by atoms with Crippen molar-refractivity contribution >= 4 is 17.8 Å². The third-order valence-electron chi connectivity index (χ3n) is 5.09. The van der Waals surface area contributed by atoms with Gasteiger partial charge >= 0.3 is 17.8 Å². The lowest BCUT2D eigenvalue weighted by Gasteiger charge is -2.36. The summed E-state index contributed by atoms with van der Waals surface area (Å²) in [7, 11) is 1.68. The molecule has 1 aromatic rings. The van der Waals surface area contributed by atoms with Crippen molar-refractivity contribution < 1.29 is 19.1 Å². The summed E-state index contributed by atoms with van der Waals surface area (Å²) in [4.78, 5) is 42.4. The summed E-state index contributed by atoms with van der Waals surface area (Å²) in [6.07, 6.45) is 0. The maximum Gasteiger partial charge on any atom is 0.335 e. The highest BCUT2D eigenvalue weighted by molar-refractivity contribution is 6.44. The number of benzene rings is 1. The van der Waals surface area contributed by atoms with Crippen LogP contribution in [0.4, 0.5) is 4.79 Å². The predicted molar refractivity (Wildman–Crippen MR) is 99.1 cm³/mol. The molecular formula is C19H26N4O4. The number of hydrogen-bond acceptors (Lipinski definition) is 6. The molecule has 27 heavy (non-hydrogen) atoms. The monoisotopic (exact) mass is 374 g/mol. The number of methoxy groups -OCH3 is 1. The van der Waals surface area contributed by atoms with Crippen molar-refractivity contribution in [3.63, 3.8) is 0 Å². The van der Waals surface area contributed by atoms with E-state index in [1.807, 2.05) is 17.0 Å². The Bertz CT molecular complexity index is 743. The largest absolute Gasteiger partial charge is 0.496 e. The van der Waals surface area contributed by atoms with Gasteiger partial charge in [0.05, 0.1) is 13.8 Å². The van der Waals surface area contributed by atoms with E-state index in [4.69, 9.17) is 4.74 Å². The van der Waals surface area contributed by atoms with Crippen molar-refractivity contribution in [3.05, 3.63) is 29.3 Å². The minimum absolute atomic E-state index is 0.168. The predicted octanol–water partition coefficient (Wildman–Crippen LogP) is 0.889. The summed E-state index contributed by atoms with van der Waals surface area (Å²) in [5.74, 6) is -0.573. The van der Waals surface area contributed by atoms with Gasteiger partial charge in [-0.1, -0.05) is 17.7 Å². The number of carbonyl (C=O) groups excluding carboxylic acids is 3. The number of rotatable bonds is 6. The van der Waals surface area contributed by atoms with E-state index in [-0.39, 0.29) is 13.2 Å². The number of likely N-dealkylation sites (N-methyl/N-ethyl adjacent to an activating group) is 1. The number of ether oxygens (including phenoxy) is 1. The molecule has 2 aliphatic heterocycles. The molecular weight excluding hydrogens is 348 g/mol. The number of piperazine rings is 1. The van der Waals surface area contributed by atoms with Crippen LogP contribution < -0.4 is 4.74 Å². The van der Waals surface area contributed by atoms with Crippen molar-refractivity contribution in [2.75, 3.05) is 46.5 Å². The van der Waals surface area contributed by atoms with Crippen LogP contribution in [0.2, 0.25) is 0 Å². The van der Waals surface area contributed by atoms with Crippen LogP contribution in [-0.2, 0) is 16.1 Å². The summed E-state index contributed by atoms with van der Waals surface area (Å²) in [5.41, 5.74) is 2.35. The molecule has 146 valence electrons. The second kappa shape index (κ2) is 8.06. The van der Waals surface area contributed by atoms with E-state index in [9.17, 15) is 14.4 Å². The summed E-state index contributed by atoms with van der Waals surface area (Å²) in [6.45, 7) is 8.02. The molecule has 2 fully saturated rings. The van der Waals surface area contributed by atoms with Crippen molar-refractivity contribution in [1.29, 1.82) is 0 Å². The number of aryl methyl sites for hydroxylation is 1. The average Bonchev–Trinajstić information content (AvgIpc) is 2.86. The molecule has 0 aromatic heterocycles. The minimum Gasteiger partial charge on any atom is -0.496 e. The fourth-order valence-corrected chi connectivity index (χ4v) is 3.51. The van der Waals surface area contributed by atoms with Gasteiger partial charge in [-0.2, -0.15) is 0 Å². The zero-order valence-corrected chi connectivity index (χ0v) is 16.1. The maximum atomic E-state index is 12.2. The van der Waals surface area contributed by atoms with E-state index in [0.29, 0.717) is 0 Å². The van der Waals surface area contributed by atoms with Gasteiger partial charge in [0.25, 0.3) is 0 Å². The van der Waals surface area contributed by atoms with E-state index in [0.717, 1.165) is 53.8 Å². The van der Waals surface area contributed by atoms with Crippen LogP contribution in [0.3, 0.4) is 0 Å². The Balaban J connectivity index is 1.55. The average molecular weight is 374 g/mol. The third-order valence-corrected chi connectivity index (χ3v) is 5.09. The Labute approximate surface area is 159 Å². The molecule has 0 atom stereocenters. The first-order chi connectivity index (χ1) is 12.9. The van der Waals surface area contributed by atoms with Gasteiger partial charge in [0.15, 0.2) is 0 Å². The lowest BCUT2D eigenvalue weighted by atomic mass is 10.1.